The Hall–Kier alpha value is -3.07. The summed E-state index contributed by atoms with van der Waals surface area (Å²) < 4.78 is 31.7. The first-order chi connectivity index (χ1) is 17.7. The Bertz CT molecular complexity index is 1070. The van der Waals surface area contributed by atoms with E-state index in [4.69, 9.17) is 4.74 Å². The number of unbranched alkanes of at least 4 members (excludes halogenated alkanes) is 1. The Morgan fingerprint density at radius 1 is 0.973 bits per heavy atom. The van der Waals surface area contributed by atoms with Crippen LogP contribution in [-0.2, 0) is 26.0 Å². The SMILES string of the molecule is CCCCNC(=O)[C@H](C)N(CCc1ccccc1)C(=O)CCCN(c1ccc(OCC)cc1)S(C)(=O)=O. The second-order valence-corrected chi connectivity index (χ2v) is 10.9. The average Bonchev–Trinajstić information content (AvgIpc) is 2.87. The first-order valence-electron chi connectivity index (χ1n) is 13.0. The van der Waals surface area contributed by atoms with Crippen molar-refractivity contribution in [3.05, 3.63) is 60.2 Å². The lowest BCUT2D eigenvalue weighted by atomic mass is 10.1. The number of carbonyl (C=O) groups excluding carboxylic acids is 2. The zero-order chi connectivity index (χ0) is 27.3. The van der Waals surface area contributed by atoms with E-state index >= 15 is 0 Å². The van der Waals surface area contributed by atoms with Gasteiger partial charge >= 0.3 is 0 Å². The van der Waals surface area contributed by atoms with Crippen molar-refractivity contribution in [1.29, 1.82) is 0 Å². The Kier molecular flexibility index (Phi) is 12.4. The summed E-state index contributed by atoms with van der Waals surface area (Å²) in [7, 11) is -3.55. The molecule has 0 saturated carbocycles. The number of nitrogens with one attached hydrogen (secondary N) is 1. The molecule has 9 heteroatoms. The first-order valence-corrected chi connectivity index (χ1v) is 14.8. The fourth-order valence-electron chi connectivity index (χ4n) is 3.99. The van der Waals surface area contributed by atoms with Crippen LogP contribution in [0.25, 0.3) is 0 Å². The van der Waals surface area contributed by atoms with E-state index in [1.54, 1.807) is 36.1 Å². The van der Waals surface area contributed by atoms with Crippen molar-refractivity contribution in [1.82, 2.24) is 10.2 Å². The van der Waals surface area contributed by atoms with E-state index < -0.39 is 16.1 Å². The van der Waals surface area contributed by atoms with Crippen LogP contribution >= 0.6 is 0 Å². The number of carbonyl (C=O) groups is 2. The third-order valence-corrected chi connectivity index (χ3v) is 7.26. The van der Waals surface area contributed by atoms with Crippen LogP contribution in [0.15, 0.2) is 54.6 Å². The van der Waals surface area contributed by atoms with Gasteiger partial charge in [-0.15, -0.1) is 0 Å². The Balaban J connectivity index is 2.08. The molecule has 204 valence electrons. The molecule has 1 atom stereocenters. The fourth-order valence-corrected chi connectivity index (χ4v) is 4.95. The van der Waals surface area contributed by atoms with Gasteiger partial charge in [0.05, 0.1) is 18.6 Å². The maximum absolute atomic E-state index is 13.3. The summed E-state index contributed by atoms with van der Waals surface area (Å²) in [5.41, 5.74) is 1.60. The average molecular weight is 532 g/mol. The van der Waals surface area contributed by atoms with Crippen LogP contribution in [0.3, 0.4) is 0 Å². The molecule has 0 heterocycles. The van der Waals surface area contributed by atoms with E-state index in [0.717, 1.165) is 24.7 Å². The summed E-state index contributed by atoms with van der Waals surface area (Å²) in [5, 5.41) is 2.92. The maximum atomic E-state index is 13.3. The lowest BCUT2D eigenvalue weighted by Gasteiger charge is -2.29. The molecule has 2 amide bonds. The van der Waals surface area contributed by atoms with Gasteiger partial charge in [-0.05, 0) is 62.9 Å². The normalized spacial score (nSPS) is 12.0. The van der Waals surface area contributed by atoms with Crippen molar-refractivity contribution in [2.45, 2.75) is 58.9 Å². The smallest absolute Gasteiger partial charge is 0.242 e. The highest BCUT2D eigenvalue weighted by molar-refractivity contribution is 7.92. The zero-order valence-corrected chi connectivity index (χ0v) is 23.3. The third-order valence-electron chi connectivity index (χ3n) is 6.07. The minimum Gasteiger partial charge on any atom is -0.494 e. The van der Waals surface area contributed by atoms with Crippen molar-refractivity contribution in [3.8, 4) is 5.75 Å². The van der Waals surface area contributed by atoms with E-state index in [-0.39, 0.29) is 24.8 Å². The number of anilines is 1. The molecule has 37 heavy (non-hydrogen) atoms. The summed E-state index contributed by atoms with van der Waals surface area (Å²) in [5.74, 6) is 0.311. The summed E-state index contributed by atoms with van der Waals surface area (Å²) >= 11 is 0. The van der Waals surface area contributed by atoms with Gasteiger partial charge < -0.3 is 15.0 Å². The van der Waals surface area contributed by atoms with Crippen LogP contribution in [0, 0.1) is 0 Å². The van der Waals surface area contributed by atoms with E-state index in [1.807, 2.05) is 37.3 Å². The molecule has 0 aliphatic carbocycles. The summed E-state index contributed by atoms with van der Waals surface area (Å²) in [6.07, 6.45) is 4.08. The van der Waals surface area contributed by atoms with E-state index in [2.05, 4.69) is 12.2 Å². The van der Waals surface area contributed by atoms with Gasteiger partial charge in [-0.2, -0.15) is 0 Å². The minimum absolute atomic E-state index is 0.129. The first kappa shape index (κ1) is 30.2. The van der Waals surface area contributed by atoms with Crippen LogP contribution in [0.1, 0.15) is 52.0 Å². The number of nitrogens with zero attached hydrogens (tertiary/aromatic N) is 2. The molecular formula is C28H41N3O5S. The molecule has 0 radical (unpaired) electrons. The molecule has 0 aromatic heterocycles. The van der Waals surface area contributed by atoms with Gasteiger partial charge in [0.1, 0.15) is 11.8 Å². The summed E-state index contributed by atoms with van der Waals surface area (Å²) in [4.78, 5) is 27.6. The van der Waals surface area contributed by atoms with Gasteiger partial charge in [0.15, 0.2) is 0 Å². The van der Waals surface area contributed by atoms with E-state index in [9.17, 15) is 18.0 Å². The number of sulfonamides is 1. The second-order valence-electron chi connectivity index (χ2n) is 9.01. The summed E-state index contributed by atoms with van der Waals surface area (Å²) in [6, 6.07) is 16.1. The van der Waals surface area contributed by atoms with Gasteiger partial charge in [0.25, 0.3) is 0 Å². The minimum atomic E-state index is -3.55. The molecule has 0 unspecified atom stereocenters. The molecule has 0 spiro atoms. The Morgan fingerprint density at radius 3 is 2.24 bits per heavy atom. The van der Waals surface area contributed by atoms with Gasteiger partial charge in [0, 0.05) is 26.1 Å². The van der Waals surface area contributed by atoms with Crippen molar-refractivity contribution in [2.75, 3.05) is 36.8 Å². The van der Waals surface area contributed by atoms with E-state index in [0.29, 0.717) is 44.0 Å². The highest BCUT2D eigenvalue weighted by atomic mass is 32.2. The molecule has 2 rings (SSSR count). The molecule has 1 N–H and O–H groups in total. The van der Waals surface area contributed by atoms with Crippen LogP contribution in [0.4, 0.5) is 5.69 Å². The molecule has 0 bridgehead atoms. The fraction of sp³-hybridized carbons (Fsp3) is 0.500. The van der Waals surface area contributed by atoms with Crippen molar-refractivity contribution in [3.63, 3.8) is 0 Å². The van der Waals surface area contributed by atoms with Crippen LogP contribution in [-0.4, -0.2) is 63.7 Å². The number of amides is 2. The van der Waals surface area contributed by atoms with Crippen molar-refractivity contribution < 1.29 is 22.7 Å². The lowest BCUT2D eigenvalue weighted by Crippen LogP contribution is -2.49. The predicted octanol–water partition coefficient (Wildman–Crippen LogP) is 4.01. The molecule has 8 nitrogen and oxygen atoms in total. The van der Waals surface area contributed by atoms with Crippen LogP contribution in [0.2, 0.25) is 0 Å². The molecule has 0 aliphatic heterocycles. The lowest BCUT2D eigenvalue weighted by molar-refractivity contribution is -0.139. The van der Waals surface area contributed by atoms with Gasteiger partial charge in [-0.3, -0.25) is 13.9 Å². The van der Waals surface area contributed by atoms with Crippen molar-refractivity contribution >= 4 is 27.5 Å². The van der Waals surface area contributed by atoms with E-state index in [1.165, 1.54) is 4.31 Å². The quantitative estimate of drug-likeness (QED) is 0.330. The molecule has 0 aliphatic rings. The second kappa shape index (κ2) is 15.2. The van der Waals surface area contributed by atoms with Crippen LogP contribution in [0.5, 0.6) is 5.75 Å². The number of ether oxygens (including phenoxy) is 1. The van der Waals surface area contributed by atoms with Gasteiger partial charge in [0.2, 0.25) is 21.8 Å². The molecular weight excluding hydrogens is 490 g/mol. The van der Waals surface area contributed by atoms with Crippen molar-refractivity contribution in [2.24, 2.45) is 0 Å². The number of hydrogen-bond donors (Lipinski definition) is 1. The topological polar surface area (TPSA) is 96.0 Å². The predicted molar refractivity (Wildman–Crippen MR) is 148 cm³/mol. The highest BCUT2D eigenvalue weighted by Crippen LogP contribution is 2.22. The maximum Gasteiger partial charge on any atom is 0.242 e. The molecule has 0 fully saturated rings. The molecule has 2 aromatic carbocycles. The monoisotopic (exact) mass is 531 g/mol. The largest absolute Gasteiger partial charge is 0.494 e. The molecule has 0 saturated heterocycles. The summed E-state index contributed by atoms with van der Waals surface area (Å²) in [6.45, 7) is 7.33. The number of hydrogen-bond acceptors (Lipinski definition) is 5. The molecule has 2 aromatic rings. The van der Waals surface area contributed by atoms with Crippen LogP contribution < -0.4 is 14.4 Å². The van der Waals surface area contributed by atoms with Gasteiger partial charge in [-0.1, -0.05) is 43.7 Å². The Labute approximate surface area is 222 Å². The highest BCUT2D eigenvalue weighted by Gasteiger charge is 2.26. The standard InChI is InChI=1S/C28H41N3O5S/c1-5-7-20-29-28(33)23(3)30(22-19-24-12-9-8-10-13-24)27(32)14-11-21-31(37(4,34)35)25-15-17-26(18-16-25)36-6-2/h8-10,12-13,15-18,23H,5-7,11,14,19-22H2,1-4H3,(H,29,33)/t23-/m0/s1. The van der Waals surface area contributed by atoms with Gasteiger partial charge in [-0.25, -0.2) is 8.42 Å². The zero-order valence-electron chi connectivity index (χ0n) is 22.5. The Morgan fingerprint density at radius 2 is 1.65 bits per heavy atom. The number of benzene rings is 2. The number of rotatable bonds is 16. The third kappa shape index (κ3) is 10.1.